The number of nitrogens with zero attached hydrogens (tertiary/aromatic N) is 1. The first-order valence-electron chi connectivity index (χ1n) is 7.42. The van der Waals surface area contributed by atoms with Gasteiger partial charge in [-0.05, 0) is 37.5 Å². The number of carbonyl (C=O) groups excluding carboxylic acids is 1. The lowest BCUT2D eigenvalue weighted by molar-refractivity contribution is 0.217. The number of amides is 2. The molecule has 0 fully saturated rings. The molecule has 0 aliphatic carbocycles. The van der Waals surface area contributed by atoms with E-state index in [1.807, 2.05) is 50.2 Å². The summed E-state index contributed by atoms with van der Waals surface area (Å²) in [6, 6.07) is 18.2. The Morgan fingerprint density at radius 2 is 1.57 bits per heavy atom. The van der Waals surface area contributed by atoms with Gasteiger partial charge < -0.3 is 10.2 Å². The van der Waals surface area contributed by atoms with Crippen molar-refractivity contribution >= 4 is 11.7 Å². The lowest BCUT2D eigenvalue weighted by Gasteiger charge is -2.20. The van der Waals surface area contributed by atoms with Crippen LogP contribution < -0.4 is 5.32 Å². The molecule has 2 aromatic rings. The first kappa shape index (κ1) is 15.1. The van der Waals surface area contributed by atoms with Gasteiger partial charge in [0.25, 0.3) is 0 Å². The highest BCUT2D eigenvalue weighted by Gasteiger charge is 2.11. The van der Waals surface area contributed by atoms with Gasteiger partial charge in [-0.25, -0.2) is 4.79 Å². The third-order valence-corrected chi connectivity index (χ3v) is 3.55. The molecule has 3 nitrogen and oxygen atoms in total. The van der Waals surface area contributed by atoms with Crippen LogP contribution in [0.2, 0.25) is 0 Å². The molecular formula is C18H22N2O. The molecule has 2 amide bonds. The molecule has 0 aliphatic heterocycles. The molecule has 1 N–H and O–H groups in total. The van der Waals surface area contributed by atoms with Crippen LogP contribution in [0.15, 0.2) is 54.6 Å². The van der Waals surface area contributed by atoms with E-state index >= 15 is 0 Å². The molecule has 0 heterocycles. The predicted octanol–water partition coefficient (Wildman–Crippen LogP) is 4.15. The minimum absolute atomic E-state index is 0.0412. The zero-order valence-corrected chi connectivity index (χ0v) is 12.7. The average Bonchev–Trinajstić information content (AvgIpc) is 2.51. The second-order valence-electron chi connectivity index (χ2n) is 4.92. The SMILES string of the molecule is CCN(CC)C(=O)Nc1ccccc1Cc1ccccc1. The van der Waals surface area contributed by atoms with Crippen LogP contribution >= 0.6 is 0 Å². The molecule has 2 rings (SSSR count). The third kappa shape index (κ3) is 4.09. The average molecular weight is 282 g/mol. The highest BCUT2D eigenvalue weighted by atomic mass is 16.2. The Morgan fingerprint density at radius 1 is 0.952 bits per heavy atom. The van der Waals surface area contributed by atoms with E-state index in [9.17, 15) is 4.79 Å². The van der Waals surface area contributed by atoms with Gasteiger partial charge in [0.1, 0.15) is 0 Å². The summed E-state index contributed by atoms with van der Waals surface area (Å²) < 4.78 is 0. The fourth-order valence-corrected chi connectivity index (χ4v) is 2.32. The van der Waals surface area contributed by atoms with Crippen molar-refractivity contribution in [1.82, 2.24) is 4.90 Å². The first-order chi connectivity index (χ1) is 10.2. The Balaban J connectivity index is 2.15. The molecule has 0 spiro atoms. The van der Waals surface area contributed by atoms with E-state index in [1.165, 1.54) is 5.56 Å². The Morgan fingerprint density at radius 3 is 2.24 bits per heavy atom. The fourth-order valence-electron chi connectivity index (χ4n) is 2.32. The fraction of sp³-hybridized carbons (Fsp3) is 0.278. The molecule has 0 atom stereocenters. The third-order valence-electron chi connectivity index (χ3n) is 3.55. The van der Waals surface area contributed by atoms with E-state index in [2.05, 4.69) is 23.5 Å². The quantitative estimate of drug-likeness (QED) is 0.877. The Labute approximate surface area is 126 Å². The Bertz CT molecular complexity index is 577. The van der Waals surface area contributed by atoms with Crippen LogP contribution in [-0.4, -0.2) is 24.0 Å². The van der Waals surface area contributed by atoms with Gasteiger partial charge in [-0.2, -0.15) is 0 Å². The highest BCUT2D eigenvalue weighted by molar-refractivity contribution is 5.90. The van der Waals surface area contributed by atoms with Crippen molar-refractivity contribution < 1.29 is 4.79 Å². The number of para-hydroxylation sites is 1. The number of anilines is 1. The summed E-state index contributed by atoms with van der Waals surface area (Å²) >= 11 is 0. The van der Waals surface area contributed by atoms with Crippen molar-refractivity contribution in [1.29, 1.82) is 0 Å². The molecular weight excluding hydrogens is 260 g/mol. The van der Waals surface area contributed by atoms with Crippen LogP contribution in [0.3, 0.4) is 0 Å². The van der Waals surface area contributed by atoms with Gasteiger partial charge >= 0.3 is 6.03 Å². The number of benzene rings is 2. The molecule has 0 aliphatic rings. The maximum atomic E-state index is 12.2. The summed E-state index contributed by atoms with van der Waals surface area (Å²) in [4.78, 5) is 14.0. The number of hydrogen-bond donors (Lipinski definition) is 1. The van der Waals surface area contributed by atoms with Crippen molar-refractivity contribution in [2.45, 2.75) is 20.3 Å². The maximum Gasteiger partial charge on any atom is 0.321 e. The molecule has 0 unspecified atom stereocenters. The maximum absolute atomic E-state index is 12.2. The van der Waals surface area contributed by atoms with E-state index < -0.39 is 0 Å². The topological polar surface area (TPSA) is 32.3 Å². The van der Waals surface area contributed by atoms with E-state index in [-0.39, 0.29) is 6.03 Å². The number of urea groups is 1. The second-order valence-corrected chi connectivity index (χ2v) is 4.92. The lowest BCUT2D eigenvalue weighted by Crippen LogP contribution is -2.34. The van der Waals surface area contributed by atoms with Crippen LogP contribution in [-0.2, 0) is 6.42 Å². The van der Waals surface area contributed by atoms with E-state index in [0.29, 0.717) is 13.1 Å². The smallest absolute Gasteiger partial charge is 0.321 e. The largest absolute Gasteiger partial charge is 0.325 e. The minimum Gasteiger partial charge on any atom is -0.325 e. The van der Waals surface area contributed by atoms with E-state index in [1.54, 1.807) is 4.90 Å². The lowest BCUT2D eigenvalue weighted by atomic mass is 10.0. The summed E-state index contributed by atoms with van der Waals surface area (Å²) in [5.41, 5.74) is 3.25. The number of rotatable bonds is 5. The summed E-state index contributed by atoms with van der Waals surface area (Å²) in [6.07, 6.45) is 0.815. The van der Waals surface area contributed by atoms with Gasteiger partial charge in [-0.3, -0.25) is 0 Å². The zero-order valence-electron chi connectivity index (χ0n) is 12.7. The van der Waals surface area contributed by atoms with Gasteiger partial charge in [0.2, 0.25) is 0 Å². The van der Waals surface area contributed by atoms with E-state index in [0.717, 1.165) is 17.7 Å². The molecule has 0 saturated carbocycles. The number of nitrogens with one attached hydrogen (secondary N) is 1. The number of hydrogen-bond acceptors (Lipinski definition) is 1. The predicted molar refractivity (Wildman–Crippen MR) is 87.6 cm³/mol. The van der Waals surface area contributed by atoms with Crippen molar-refractivity contribution in [3.05, 3.63) is 65.7 Å². The summed E-state index contributed by atoms with van der Waals surface area (Å²) in [7, 11) is 0. The molecule has 110 valence electrons. The zero-order chi connectivity index (χ0) is 15.1. The van der Waals surface area contributed by atoms with Crippen LogP contribution in [0, 0.1) is 0 Å². The molecule has 0 saturated heterocycles. The van der Waals surface area contributed by atoms with Gasteiger partial charge in [-0.15, -0.1) is 0 Å². The van der Waals surface area contributed by atoms with Crippen molar-refractivity contribution in [3.8, 4) is 0 Å². The Kier molecular flexibility index (Phi) is 5.38. The minimum atomic E-state index is -0.0412. The normalized spacial score (nSPS) is 10.2. The molecule has 2 aromatic carbocycles. The monoisotopic (exact) mass is 282 g/mol. The number of carbonyl (C=O) groups is 1. The molecule has 0 aromatic heterocycles. The van der Waals surface area contributed by atoms with Gasteiger partial charge in [-0.1, -0.05) is 48.5 Å². The summed E-state index contributed by atoms with van der Waals surface area (Å²) in [6.45, 7) is 5.39. The first-order valence-corrected chi connectivity index (χ1v) is 7.42. The molecule has 21 heavy (non-hydrogen) atoms. The van der Waals surface area contributed by atoms with Crippen LogP contribution in [0.5, 0.6) is 0 Å². The summed E-state index contributed by atoms with van der Waals surface area (Å²) in [5.74, 6) is 0. The summed E-state index contributed by atoms with van der Waals surface area (Å²) in [5, 5.41) is 3.02. The van der Waals surface area contributed by atoms with Gasteiger partial charge in [0.15, 0.2) is 0 Å². The molecule has 0 bridgehead atoms. The van der Waals surface area contributed by atoms with E-state index in [4.69, 9.17) is 0 Å². The second kappa shape index (κ2) is 7.48. The molecule has 3 heteroatoms. The Hall–Kier alpha value is -2.29. The van der Waals surface area contributed by atoms with Gasteiger partial charge in [0.05, 0.1) is 0 Å². The van der Waals surface area contributed by atoms with Crippen LogP contribution in [0.25, 0.3) is 0 Å². The van der Waals surface area contributed by atoms with Gasteiger partial charge in [0, 0.05) is 18.8 Å². The standard InChI is InChI=1S/C18H22N2O/c1-3-20(4-2)18(21)19-17-13-9-8-12-16(17)14-15-10-6-5-7-11-15/h5-13H,3-4,14H2,1-2H3,(H,19,21). The highest BCUT2D eigenvalue weighted by Crippen LogP contribution is 2.19. The van der Waals surface area contributed by atoms with Crippen molar-refractivity contribution in [3.63, 3.8) is 0 Å². The van der Waals surface area contributed by atoms with Crippen LogP contribution in [0.1, 0.15) is 25.0 Å². The van der Waals surface area contributed by atoms with Crippen molar-refractivity contribution in [2.75, 3.05) is 18.4 Å². The molecule has 0 radical (unpaired) electrons. The van der Waals surface area contributed by atoms with Crippen LogP contribution in [0.4, 0.5) is 10.5 Å². The van der Waals surface area contributed by atoms with Crippen molar-refractivity contribution in [2.24, 2.45) is 0 Å².